The van der Waals surface area contributed by atoms with Gasteiger partial charge in [0.25, 0.3) is 0 Å². The lowest BCUT2D eigenvalue weighted by atomic mass is 9.71. The highest BCUT2D eigenvalue weighted by atomic mass is 32.2. The van der Waals surface area contributed by atoms with Crippen LogP contribution in [0.3, 0.4) is 0 Å². The van der Waals surface area contributed by atoms with Crippen molar-refractivity contribution in [3.8, 4) is 0 Å². The number of esters is 2. The van der Waals surface area contributed by atoms with Gasteiger partial charge in [0.05, 0.1) is 11.5 Å². The van der Waals surface area contributed by atoms with E-state index in [1.54, 1.807) is 0 Å². The van der Waals surface area contributed by atoms with E-state index in [4.69, 9.17) is 9.47 Å². The molecule has 9 nitrogen and oxygen atoms in total. The maximum atomic E-state index is 13.3. The van der Waals surface area contributed by atoms with Crippen LogP contribution in [0.1, 0.15) is 13.8 Å². The number of aliphatic hydroxyl groups is 1. The third-order valence-corrected chi connectivity index (χ3v) is 5.31. The van der Waals surface area contributed by atoms with E-state index in [0.717, 1.165) is 0 Å². The largest absolute Gasteiger partial charge is 0.743 e. The third-order valence-electron chi connectivity index (χ3n) is 4.52. The Morgan fingerprint density at radius 2 is 1.88 bits per heavy atom. The van der Waals surface area contributed by atoms with Crippen molar-refractivity contribution in [3.63, 3.8) is 0 Å². The normalized spacial score (nSPS) is 38.3. The first-order valence-corrected chi connectivity index (χ1v) is 8.30. The fourth-order valence-electron chi connectivity index (χ4n) is 3.59. The van der Waals surface area contributed by atoms with Gasteiger partial charge in [0.2, 0.25) is 0 Å². The highest BCUT2D eigenvalue weighted by Gasteiger charge is 2.72. The number of hydrogen-bond donors (Lipinski definition) is 1. The maximum Gasteiger partial charge on any atom is 0.428 e. The van der Waals surface area contributed by atoms with Crippen molar-refractivity contribution in [2.24, 2.45) is 11.8 Å². The first-order valence-electron chi connectivity index (χ1n) is 6.89. The molecule has 3 fully saturated rings. The van der Waals surface area contributed by atoms with Gasteiger partial charge in [-0.15, -0.1) is 0 Å². The van der Waals surface area contributed by atoms with Crippen LogP contribution in [0.25, 0.3) is 0 Å². The predicted molar refractivity (Wildman–Crippen MR) is 66.3 cm³/mol. The summed E-state index contributed by atoms with van der Waals surface area (Å²) < 4.78 is 72.9. The Hall–Kier alpha value is -1.37. The number of fused-ring (bicyclic) bond motifs is 1. The van der Waals surface area contributed by atoms with E-state index in [1.165, 1.54) is 13.8 Å². The number of alkyl halides is 2. The summed E-state index contributed by atoms with van der Waals surface area (Å²) in [6, 6.07) is 0. The molecule has 0 saturated carbocycles. The summed E-state index contributed by atoms with van der Waals surface area (Å²) in [4.78, 5) is 23.3. The first-order chi connectivity index (χ1) is 10.8. The van der Waals surface area contributed by atoms with Crippen LogP contribution in [0.5, 0.6) is 0 Å². The summed E-state index contributed by atoms with van der Waals surface area (Å²) in [5.41, 5.74) is -1.49. The molecule has 12 heteroatoms. The summed E-state index contributed by atoms with van der Waals surface area (Å²) in [6.07, 6.45) is -4.80. The summed E-state index contributed by atoms with van der Waals surface area (Å²) in [5.74, 6) is -5.07. The zero-order chi connectivity index (χ0) is 18.2. The molecule has 0 aromatic heterocycles. The van der Waals surface area contributed by atoms with E-state index in [2.05, 4.69) is 4.74 Å². The van der Waals surface area contributed by atoms with Gasteiger partial charge in [-0.3, -0.25) is 4.79 Å². The number of carbonyl (C=O) groups is 2. The fraction of sp³-hybridized carbons (Fsp3) is 0.833. The minimum atomic E-state index is -6.28. The summed E-state index contributed by atoms with van der Waals surface area (Å²) in [6.45, 7) is 2.72. The molecule has 3 aliphatic rings. The molecule has 0 radical (unpaired) electrons. The van der Waals surface area contributed by atoms with Crippen LogP contribution in [-0.4, -0.2) is 65.3 Å². The molecule has 0 aliphatic carbocycles. The molecule has 3 saturated heterocycles. The van der Waals surface area contributed by atoms with Crippen LogP contribution in [-0.2, 0) is 33.9 Å². The van der Waals surface area contributed by atoms with Gasteiger partial charge in [-0.05, 0) is 13.8 Å². The molecule has 2 bridgehead atoms. The van der Waals surface area contributed by atoms with Crippen molar-refractivity contribution in [1.82, 2.24) is 0 Å². The van der Waals surface area contributed by atoms with Crippen molar-refractivity contribution < 1.29 is 50.7 Å². The van der Waals surface area contributed by atoms with Gasteiger partial charge in [0, 0.05) is 5.92 Å². The maximum absolute atomic E-state index is 13.3. The fourth-order valence-corrected chi connectivity index (χ4v) is 3.85. The Balaban J connectivity index is 1.89. The predicted octanol–water partition coefficient (Wildman–Crippen LogP) is -1.25. The second-order valence-electron chi connectivity index (χ2n) is 6.51. The van der Waals surface area contributed by atoms with Crippen LogP contribution >= 0.6 is 0 Å². The average molecular weight is 371 g/mol. The van der Waals surface area contributed by atoms with Crippen molar-refractivity contribution in [1.29, 1.82) is 0 Å². The van der Waals surface area contributed by atoms with Gasteiger partial charge in [-0.2, -0.15) is 8.78 Å². The van der Waals surface area contributed by atoms with Gasteiger partial charge >= 0.3 is 17.2 Å². The molecule has 6 unspecified atom stereocenters. The second kappa shape index (κ2) is 4.84. The van der Waals surface area contributed by atoms with Crippen LogP contribution in [0.15, 0.2) is 0 Å². The van der Waals surface area contributed by atoms with Gasteiger partial charge in [0.15, 0.2) is 22.3 Å². The SMILES string of the molecule is CC(C)(O)C1C2OC3C(OC(=O)C31)C2OC(=O)C(F)(F)S(=O)(=O)[O-]. The molecule has 136 valence electrons. The molecular formula is C12H13F2O9S-. The Morgan fingerprint density at radius 3 is 2.38 bits per heavy atom. The van der Waals surface area contributed by atoms with Crippen LogP contribution in [0.2, 0.25) is 0 Å². The first kappa shape index (κ1) is 17.5. The monoisotopic (exact) mass is 371 g/mol. The smallest absolute Gasteiger partial charge is 0.428 e. The summed E-state index contributed by atoms with van der Waals surface area (Å²) in [5, 5.41) is 4.91. The minimum absolute atomic E-state index is 0.735. The lowest BCUT2D eigenvalue weighted by Crippen LogP contribution is -2.53. The molecule has 3 heterocycles. The van der Waals surface area contributed by atoms with Gasteiger partial charge in [-0.25, -0.2) is 13.2 Å². The van der Waals surface area contributed by atoms with Crippen molar-refractivity contribution in [2.75, 3.05) is 0 Å². The number of hydrogen-bond acceptors (Lipinski definition) is 9. The number of carbonyl (C=O) groups excluding carboxylic acids is 2. The molecule has 0 spiro atoms. The molecule has 0 aromatic rings. The van der Waals surface area contributed by atoms with E-state index >= 15 is 0 Å². The lowest BCUT2D eigenvalue weighted by Gasteiger charge is -2.35. The number of rotatable bonds is 4. The Bertz CT molecular complexity index is 698. The molecule has 24 heavy (non-hydrogen) atoms. The van der Waals surface area contributed by atoms with Crippen molar-refractivity contribution in [2.45, 2.75) is 49.1 Å². The summed E-state index contributed by atoms with van der Waals surface area (Å²) >= 11 is 0. The van der Waals surface area contributed by atoms with Crippen LogP contribution in [0, 0.1) is 11.8 Å². The van der Waals surface area contributed by atoms with Crippen LogP contribution < -0.4 is 0 Å². The molecular weight excluding hydrogens is 358 g/mol. The van der Waals surface area contributed by atoms with E-state index in [9.17, 15) is 36.4 Å². The Kier molecular flexibility index (Phi) is 3.52. The average Bonchev–Trinajstić information content (AvgIpc) is 2.99. The standard InChI is InChI=1S/C12H14F2O9S/c1-11(2,17)4-3-5-7(22-9(3)15)8(6(4)21-5)23-10(16)12(13,14)24(18,19)20/h3-8,17H,1-2H3,(H,18,19,20)/p-1. The third kappa shape index (κ3) is 2.24. The highest BCUT2D eigenvalue weighted by Crippen LogP contribution is 2.54. The van der Waals surface area contributed by atoms with Crippen molar-refractivity contribution >= 4 is 22.1 Å². The van der Waals surface area contributed by atoms with Gasteiger partial charge in [0.1, 0.15) is 12.2 Å². The van der Waals surface area contributed by atoms with Gasteiger partial charge in [-0.1, -0.05) is 0 Å². The molecule has 0 amide bonds. The molecule has 0 aromatic carbocycles. The minimum Gasteiger partial charge on any atom is -0.743 e. The zero-order valence-corrected chi connectivity index (χ0v) is 13.2. The Morgan fingerprint density at radius 1 is 1.29 bits per heavy atom. The number of ether oxygens (including phenoxy) is 3. The molecule has 6 atom stereocenters. The van der Waals surface area contributed by atoms with Gasteiger partial charge < -0.3 is 23.9 Å². The van der Waals surface area contributed by atoms with E-state index < -0.39 is 69.2 Å². The van der Waals surface area contributed by atoms with Crippen molar-refractivity contribution in [3.05, 3.63) is 0 Å². The quantitative estimate of drug-likeness (QED) is 0.474. The zero-order valence-electron chi connectivity index (χ0n) is 12.3. The molecule has 3 rings (SSSR count). The Labute approximate surface area is 134 Å². The van der Waals surface area contributed by atoms with E-state index in [0.29, 0.717) is 0 Å². The van der Waals surface area contributed by atoms with Crippen LogP contribution in [0.4, 0.5) is 8.78 Å². The highest BCUT2D eigenvalue weighted by molar-refractivity contribution is 7.87. The molecule has 1 N–H and O–H groups in total. The lowest BCUT2D eigenvalue weighted by molar-refractivity contribution is -0.177. The topological polar surface area (TPSA) is 139 Å². The second-order valence-corrected chi connectivity index (χ2v) is 7.93. The molecule has 3 aliphatic heterocycles. The number of halogens is 2. The summed E-state index contributed by atoms with van der Waals surface area (Å²) in [7, 11) is -6.28. The van der Waals surface area contributed by atoms with E-state index in [-0.39, 0.29) is 0 Å². The van der Waals surface area contributed by atoms with E-state index in [1.807, 2.05) is 0 Å².